The highest BCUT2D eigenvalue weighted by Crippen LogP contribution is 2.42. The van der Waals surface area contributed by atoms with Crippen LogP contribution in [-0.2, 0) is 14.2 Å². The van der Waals surface area contributed by atoms with Crippen molar-refractivity contribution in [3.05, 3.63) is 81.0 Å². The van der Waals surface area contributed by atoms with Crippen molar-refractivity contribution < 1.29 is 23.8 Å². The minimum Gasteiger partial charge on any atom is -0.460 e. The highest BCUT2D eigenvalue weighted by atomic mass is 32.1. The second-order valence-corrected chi connectivity index (χ2v) is 11.3. The van der Waals surface area contributed by atoms with E-state index in [-0.39, 0.29) is 36.8 Å². The molecule has 3 rings (SSSR count). The van der Waals surface area contributed by atoms with E-state index in [1.165, 1.54) is 6.92 Å². The standard InChI is InChI=1S/C33H37N5O5S/c1-8-38(25-13-14-29(22(4)17-25)36-37-32-31(35-7)23(5)30(18-34)44-32)19-26(20-43-21(2)3)41-15-16-42-33(40)28-12-10-9-11-27(28)24(6)39/h9-14,17,21,26H,8,15-16,19-20H2,1-6H3. The molecule has 0 spiro atoms. The Morgan fingerprint density at radius 3 is 2.43 bits per heavy atom. The molecule has 44 heavy (non-hydrogen) atoms. The molecule has 10 nitrogen and oxygen atoms in total. The van der Waals surface area contributed by atoms with Gasteiger partial charge in [-0.25, -0.2) is 9.64 Å². The average Bonchev–Trinajstić information content (AvgIpc) is 3.33. The maximum Gasteiger partial charge on any atom is 0.338 e. The molecule has 0 N–H and O–H groups in total. The van der Waals surface area contributed by atoms with Crippen molar-refractivity contribution in [2.45, 2.75) is 53.8 Å². The molecule has 0 aliphatic heterocycles. The Kier molecular flexibility index (Phi) is 12.7. The van der Waals surface area contributed by atoms with Crippen molar-refractivity contribution in [1.29, 1.82) is 5.26 Å². The summed E-state index contributed by atoms with van der Waals surface area (Å²) in [5.41, 5.74) is 4.07. The Balaban J connectivity index is 1.67. The van der Waals surface area contributed by atoms with Gasteiger partial charge in [0.25, 0.3) is 0 Å². The van der Waals surface area contributed by atoms with Crippen LogP contribution in [0.25, 0.3) is 4.85 Å². The zero-order valence-electron chi connectivity index (χ0n) is 25.9. The van der Waals surface area contributed by atoms with Crippen LogP contribution >= 0.6 is 11.3 Å². The van der Waals surface area contributed by atoms with E-state index in [2.05, 4.69) is 33.0 Å². The predicted molar refractivity (Wildman–Crippen MR) is 171 cm³/mol. The molecule has 2 aromatic carbocycles. The molecule has 11 heteroatoms. The van der Waals surface area contributed by atoms with Gasteiger partial charge in [-0.3, -0.25) is 4.79 Å². The van der Waals surface area contributed by atoms with Gasteiger partial charge in [-0.1, -0.05) is 18.2 Å². The third-order valence-electron chi connectivity index (χ3n) is 6.72. The maximum absolute atomic E-state index is 12.6. The summed E-state index contributed by atoms with van der Waals surface area (Å²) in [6, 6.07) is 14.5. The van der Waals surface area contributed by atoms with E-state index in [1.807, 2.05) is 39.0 Å². The van der Waals surface area contributed by atoms with E-state index in [0.717, 1.165) is 22.6 Å². The van der Waals surface area contributed by atoms with E-state index < -0.39 is 5.97 Å². The summed E-state index contributed by atoms with van der Waals surface area (Å²) in [6.07, 6.45) is -0.285. The number of esters is 1. The third kappa shape index (κ3) is 9.04. The van der Waals surface area contributed by atoms with Gasteiger partial charge < -0.3 is 19.1 Å². The topological polar surface area (TPSA) is 118 Å². The quantitative estimate of drug-likeness (QED) is 0.0561. The first-order valence-corrected chi connectivity index (χ1v) is 15.1. The van der Waals surface area contributed by atoms with Gasteiger partial charge >= 0.3 is 5.97 Å². The number of azo groups is 1. The molecule has 0 radical (unpaired) electrons. The molecule has 0 amide bonds. The number of benzene rings is 2. The SMILES string of the molecule is [C-]#[N+]c1c(N=Nc2ccc(N(CC)CC(COC(C)C)OCCOC(=O)c3ccccc3C(C)=O)cc2C)sc(C#N)c1C. The molecule has 230 valence electrons. The van der Waals surface area contributed by atoms with Gasteiger partial charge in [0, 0.05) is 24.3 Å². The molecule has 0 aliphatic rings. The van der Waals surface area contributed by atoms with E-state index in [1.54, 1.807) is 31.2 Å². The van der Waals surface area contributed by atoms with Gasteiger partial charge in [0.2, 0.25) is 5.69 Å². The number of ether oxygens (including phenoxy) is 3. The van der Waals surface area contributed by atoms with E-state index >= 15 is 0 Å². The van der Waals surface area contributed by atoms with E-state index in [9.17, 15) is 14.9 Å². The van der Waals surface area contributed by atoms with Crippen molar-refractivity contribution in [1.82, 2.24) is 0 Å². The van der Waals surface area contributed by atoms with Gasteiger partial charge in [0.1, 0.15) is 17.7 Å². The lowest BCUT2D eigenvalue weighted by Crippen LogP contribution is -2.38. The zero-order valence-corrected chi connectivity index (χ0v) is 26.7. The average molecular weight is 616 g/mol. The van der Waals surface area contributed by atoms with Crippen molar-refractivity contribution in [3.8, 4) is 6.07 Å². The summed E-state index contributed by atoms with van der Waals surface area (Å²) in [5, 5.41) is 18.4. The molecule has 1 heterocycles. The molecule has 1 aromatic heterocycles. The number of ketones is 1. The van der Waals surface area contributed by atoms with Crippen LogP contribution in [0.1, 0.15) is 64.4 Å². The number of carbonyl (C=O) groups is 2. The largest absolute Gasteiger partial charge is 0.460 e. The number of thiophene rings is 1. The first-order chi connectivity index (χ1) is 21.1. The summed E-state index contributed by atoms with van der Waals surface area (Å²) in [4.78, 5) is 30.6. The summed E-state index contributed by atoms with van der Waals surface area (Å²) < 4.78 is 17.4. The Morgan fingerprint density at radius 2 is 1.82 bits per heavy atom. The summed E-state index contributed by atoms with van der Waals surface area (Å²) in [6.45, 7) is 20.3. The summed E-state index contributed by atoms with van der Waals surface area (Å²) in [5.74, 6) is -0.769. The number of Topliss-reactive ketones (excluding diaryl/α,β-unsaturated/α-hetero) is 1. The summed E-state index contributed by atoms with van der Waals surface area (Å²) in [7, 11) is 0. The number of likely N-dealkylation sites (N-methyl/N-ethyl adjacent to an activating group) is 1. The normalized spacial score (nSPS) is 11.8. The molecule has 0 bridgehead atoms. The van der Waals surface area contributed by atoms with Gasteiger partial charge in [-0.2, -0.15) is 15.5 Å². The fraction of sp³-hybridized carbons (Fsp3) is 0.394. The lowest BCUT2D eigenvalue weighted by Gasteiger charge is -2.29. The lowest BCUT2D eigenvalue weighted by molar-refractivity contribution is -0.0431. The van der Waals surface area contributed by atoms with E-state index in [0.29, 0.717) is 52.1 Å². The predicted octanol–water partition coefficient (Wildman–Crippen LogP) is 7.90. The van der Waals surface area contributed by atoms with Crippen LogP contribution in [0, 0.1) is 31.8 Å². The van der Waals surface area contributed by atoms with Crippen LogP contribution in [-0.4, -0.2) is 56.9 Å². The van der Waals surface area contributed by atoms with Gasteiger partial charge in [-0.15, -0.1) is 11.3 Å². The molecule has 0 saturated carbocycles. The molecule has 1 unspecified atom stereocenters. The smallest absolute Gasteiger partial charge is 0.338 e. The first-order valence-electron chi connectivity index (χ1n) is 14.3. The minimum atomic E-state index is -0.567. The van der Waals surface area contributed by atoms with Crippen LogP contribution in [0.4, 0.5) is 22.1 Å². The Hall–Kier alpha value is -4.42. The van der Waals surface area contributed by atoms with Crippen LogP contribution in [0.5, 0.6) is 0 Å². The first kappa shape index (κ1) is 34.1. The number of aryl methyl sites for hydroxylation is 1. The maximum atomic E-state index is 12.6. The highest BCUT2D eigenvalue weighted by molar-refractivity contribution is 7.17. The number of hydrogen-bond donors (Lipinski definition) is 0. The molecular weight excluding hydrogens is 578 g/mol. The van der Waals surface area contributed by atoms with Crippen molar-refractivity contribution in [2.75, 3.05) is 37.8 Å². The molecule has 0 fully saturated rings. The van der Waals surface area contributed by atoms with E-state index in [4.69, 9.17) is 20.8 Å². The fourth-order valence-corrected chi connectivity index (χ4v) is 5.22. The second-order valence-electron chi connectivity index (χ2n) is 10.3. The second kappa shape index (κ2) is 16.4. The number of carbonyl (C=O) groups excluding carboxylic acids is 2. The monoisotopic (exact) mass is 615 g/mol. The fourth-order valence-electron chi connectivity index (χ4n) is 4.35. The number of nitriles is 1. The Labute approximate surface area is 262 Å². The number of anilines is 1. The van der Waals surface area contributed by atoms with Gasteiger partial charge in [-0.05, 0) is 76.9 Å². The third-order valence-corrected chi connectivity index (χ3v) is 7.79. The van der Waals surface area contributed by atoms with Crippen LogP contribution < -0.4 is 4.90 Å². The minimum absolute atomic E-state index is 0.0173. The van der Waals surface area contributed by atoms with Crippen LogP contribution in [0.2, 0.25) is 0 Å². The number of nitrogens with zero attached hydrogens (tertiary/aromatic N) is 5. The number of rotatable bonds is 15. The lowest BCUT2D eigenvalue weighted by atomic mass is 10.0. The van der Waals surface area contributed by atoms with Crippen LogP contribution in [0.15, 0.2) is 52.7 Å². The highest BCUT2D eigenvalue weighted by Gasteiger charge is 2.19. The van der Waals surface area contributed by atoms with Crippen molar-refractivity contribution in [2.24, 2.45) is 10.2 Å². The molecule has 3 aromatic rings. The molecule has 0 aliphatic carbocycles. The van der Waals surface area contributed by atoms with Crippen molar-refractivity contribution in [3.63, 3.8) is 0 Å². The summed E-state index contributed by atoms with van der Waals surface area (Å²) >= 11 is 1.16. The Morgan fingerprint density at radius 1 is 1.09 bits per heavy atom. The zero-order chi connectivity index (χ0) is 32.2. The van der Waals surface area contributed by atoms with Gasteiger partial charge in [0.05, 0.1) is 48.1 Å². The number of hydrogen-bond acceptors (Lipinski definition) is 10. The molecule has 0 saturated heterocycles. The van der Waals surface area contributed by atoms with Gasteiger partial charge in [0.15, 0.2) is 5.78 Å². The molecule has 1 atom stereocenters. The Bertz CT molecular complexity index is 1580. The van der Waals surface area contributed by atoms with Crippen molar-refractivity contribution >= 4 is 45.2 Å². The molecular formula is C33H37N5O5S. The van der Waals surface area contributed by atoms with Crippen LogP contribution in [0.3, 0.4) is 0 Å².